The van der Waals surface area contributed by atoms with Gasteiger partial charge in [-0.2, -0.15) is 4.98 Å². The maximum absolute atomic E-state index is 12.9. The second-order valence-corrected chi connectivity index (χ2v) is 7.96. The Morgan fingerprint density at radius 1 is 1.12 bits per heavy atom. The Balaban J connectivity index is 1.51. The third kappa shape index (κ3) is 4.73. The number of benzene rings is 2. The van der Waals surface area contributed by atoms with Gasteiger partial charge in [-0.3, -0.25) is 4.79 Å². The van der Waals surface area contributed by atoms with Crippen molar-refractivity contribution >= 4 is 5.91 Å². The average Bonchev–Trinajstić information content (AvgIpc) is 3.43. The van der Waals surface area contributed by atoms with E-state index in [1.807, 2.05) is 43.3 Å². The number of hydrogen-bond acceptors (Lipinski definition) is 8. The highest BCUT2D eigenvalue weighted by Gasteiger charge is 2.29. The van der Waals surface area contributed by atoms with Gasteiger partial charge in [0, 0.05) is 25.1 Å². The lowest BCUT2D eigenvalue weighted by Gasteiger charge is -2.20. The van der Waals surface area contributed by atoms with Crippen molar-refractivity contribution in [3.05, 3.63) is 83.3 Å². The molecule has 32 heavy (non-hydrogen) atoms. The number of aromatic nitrogens is 4. The Morgan fingerprint density at radius 2 is 1.91 bits per heavy atom. The van der Waals surface area contributed by atoms with Gasteiger partial charge in [-0.25, -0.2) is 0 Å². The second-order valence-electron chi connectivity index (χ2n) is 7.96. The zero-order valence-corrected chi connectivity index (χ0v) is 18.1. The molecule has 0 bridgehead atoms. The van der Waals surface area contributed by atoms with Gasteiger partial charge in [0.05, 0.1) is 12.1 Å². The Bertz CT molecular complexity index is 1220. The lowest BCUT2D eigenvalue weighted by molar-refractivity contribution is 0.0780. The van der Waals surface area contributed by atoms with Crippen LogP contribution in [0.1, 0.15) is 40.5 Å². The molecule has 2 N–H and O–H groups in total. The third-order valence-corrected chi connectivity index (χ3v) is 4.98. The van der Waals surface area contributed by atoms with Crippen molar-refractivity contribution in [2.75, 3.05) is 7.05 Å². The minimum Gasteiger partial charge on any atom is -0.419 e. The van der Waals surface area contributed by atoms with Crippen LogP contribution in [0.5, 0.6) is 0 Å². The first kappa shape index (κ1) is 21.4. The SMILES string of the molecule is Cc1nc(CN(C)C(=O)c2cccc(-c3nnc([C@](C)(N)Cc4ccccc4)o3)c2)no1. The van der Waals surface area contributed by atoms with Crippen molar-refractivity contribution in [1.82, 2.24) is 25.2 Å². The van der Waals surface area contributed by atoms with Gasteiger partial charge in [0.2, 0.25) is 17.7 Å². The normalized spacial score (nSPS) is 13.0. The summed E-state index contributed by atoms with van der Waals surface area (Å²) in [6.45, 7) is 3.79. The molecule has 0 unspecified atom stereocenters. The number of carbonyl (C=O) groups is 1. The smallest absolute Gasteiger partial charge is 0.254 e. The van der Waals surface area contributed by atoms with Crippen molar-refractivity contribution in [1.29, 1.82) is 0 Å². The molecule has 0 fully saturated rings. The fourth-order valence-corrected chi connectivity index (χ4v) is 3.36. The van der Waals surface area contributed by atoms with E-state index >= 15 is 0 Å². The highest BCUT2D eigenvalue weighted by molar-refractivity contribution is 5.95. The lowest BCUT2D eigenvalue weighted by atomic mass is 9.94. The van der Waals surface area contributed by atoms with Crippen molar-refractivity contribution < 1.29 is 13.7 Å². The van der Waals surface area contributed by atoms with Crippen LogP contribution in [0, 0.1) is 6.92 Å². The van der Waals surface area contributed by atoms with Gasteiger partial charge >= 0.3 is 0 Å². The van der Waals surface area contributed by atoms with Gasteiger partial charge in [0.25, 0.3) is 5.91 Å². The molecule has 164 valence electrons. The topological polar surface area (TPSA) is 124 Å². The summed E-state index contributed by atoms with van der Waals surface area (Å²) in [6, 6.07) is 16.9. The van der Waals surface area contributed by atoms with E-state index in [1.165, 1.54) is 4.90 Å². The predicted octanol–water partition coefficient (Wildman–Crippen LogP) is 3.12. The van der Waals surface area contributed by atoms with Crippen LogP contribution >= 0.6 is 0 Å². The molecule has 2 aromatic carbocycles. The minimum atomic E-state index is -0.830. The zero-order valence-electron chi connectivity index (χ0n) is 18.1. The highest BCUT2D eigenvalue weighted by Crippen LogP contribution is 2.26. The number of hydrogen-bond donors (Lipinski definition) is 1. The average molecular weight is 432 g/mol. The third-order valence-electron chi connectivity index (χ3n) is 4.98. The summed E-state index contributed by atoms with van der Waals surface area (Å²) >= 11 is 0. The second kappa shape index (κ2) is 8.72. The molecule has 0 radical (unpaired) electrons. The molecule has 9 heteroatoms. The zero-order chi connectivity index (χ0) is 22.7. The monoisotopic (exact) mass is 432 g/mol. The molecule has 4 rings (SSSR count). The molecule has 0 saturated carbocycles. The molecule has 0 aliphatic rings. The molecule has 1 atom stereocenters. The first-order chi connectivity index (χ1) is 15.3. The van der Waals surface area contributed by atoms with Crippen LogP contribution in [0.15, 0.2) is 63.5 Å². The Kier molecular flexibility index (Phi) is 5.83. The highest BCUT2D eigenvalue weighted by atomic mass is 16.5. The molecule has 4 aromatic rings. The van der Waals surface area contributed by atoms with Crippen molar-refractivity contribution in [2.45, 2.75) is 32.4 Å². The van der Waals surface area contributed by atoms with Crippen LogP contribution in [0.4, 0.5) is 0 Å². The summed E-state index contributed by atoms with van der Waals surface area (Å²) in [5, 5.41) is 12.1. The van der Waals surface area contributed by atoms with Gasteiger partial charge in [0.1, 0.15) is 0 Å². The van der Waals surface area contributed by atoms with Gasteiger partial charge in [-0.05, 0) is 37.1 Å². The molecule has 0 aliphatic carbocycles. The first-order valence-electron chi connectivity index (χ1n) is 10.1. The summed E-state index contributed by atoms with van der Waals surface area (Å²) in [5.41, 5.74) is 7.83. The Labute approximate surface area is 185 Å². The number of rotatable bonds is 7. The van der Waals surface area contributed by atoms with E-state index in [0.717, 1.165) is 5.56 Å². The van der Waals surface area contributed by atoms with E-state index in [0.29, 0.717) is 41.0 Å². The predicted molar refractivity (Wildman–Crippen MR) is 116 cm³/mol. The van der Waals surface area contributed by atoms with E-state index in [2.05, 4.69) is 20.3 Å². The molecule has 2 aromatic heterocycles. The largest absolute Gasteiger partial charge is 0.419 e. The Morgan fingerprint density at radius 3 is 2.62 bits per heavy atom. The van der Waals surface area contributed by atoms with Gasteiger partial charge in [-0.15, -0.1) is 10.2 Å². The van der Waals surface area contributed by atoms with Crippen LogP contribution < -0.4 is 5.73 Å². The molecule has 1 amide bonds. The fraction of sp³-hybridized carbons (Fsp3) is 0.261. The minimum absolute atomic E-state index is 0.193. The lowest BCUT2D eigenvalue weighted by Crippen LogP contribution is -2.35. The molecule has 0 spiro atoms. The van der Waals surface area contributed by atoms with E-state index in [4.69, 9.17) is 14.7 Å². The number of aryl methyl sites for hydroxylation is 1. The van der Waals surface area contributed by atoms with Crippen LogP contribution in [0.2, 0.25) is 0 Å². The molecule has 0 saturated heterocycles. The molecule has 9 nitrogen and oxygen atoms in total. The quantitative estimate of drug-likeness (QED) is 0.472. The van der Waals surface area contributed by atoms with Crippen molar-refractivity contribution in [3.8, 4) is 11.5 Å². The van der Waals surface area contributed by atoms with Gasteiger partial charge in [-0.1, -0.05) is 41.6 Å². The van der Waals surface area contributed by atoms with E-state index in [9.17, 15) is 4.79 Å². The summed E-state index contributed by atoms with van der Waals surface area (Å²) in [5.74, 6) is 1.33. The summed E-state index contributed by atoms with van der Waals surface area (Å²) in [7, 11) is 1.68. The van der Waals surface area contributed by atoms with Crippen LogP contribution in [0.25, 0.3) is 11.5 Å². The van der Waals surface area contributed by atoms with Gasteiger partial charge < -0.3 is 19.6 Å². The molecule has 0 aliphatic heterocycles. The number of nitrogens with zero attached hydrogens (tertiary/aromatic N) is 5. The standard InChI is InChI=1S/C23H24N6O3/c1-15-25-19(28-32-15)14-29(3)21(30)18-11-7-10-17(12-18)20-26-27-22(31-20)23(2,24)13-16-8-5-4-6-9-16/h4-12H,13-14,24H2,1-3H3/t23-/m1/s1. The van der Waals surface area contributed by atoms with Crippen molar-refractivity contribution in [2.24, 2.45) is 5.73 Å². The van der Waals surface area contributed by atoms with Crippen LogP contribution in [-0.2, 0) is 18.5 Å². The molecular weight excluding hydrogens is 408 g/mol. The maximum Gasteiger partial charge on any atom is 0.254 e. The van der Waals surface area contributed by atoms with Crippen molar-refractivity contribution in [3.63, 3.8) is 0 Å². The summed E-state index contributed by atoms with van der Waals surface area (Å²) < 4.78 is 10.9. The summed E-state index contributed by atoms with van der Waals surface area (Å²) in [6.07, 6.45) is 0.550. The van der Waals surface area contributed by atoms with Crippen LogP contribution in [-0.4, -0.2) is 38.2 Å². The molecular formula is C23H24N6O3. The number of amides is 1. The maximum atomic E-state index is 12.9. The molecule has 2 heterocycles. The van der Waals surface area contributed by atoms with E-state index < -0.39 is 5.54 Å². The van der Waals surface area contributed by atoms with E-state index in [1.54, 1.807) is 32.2 Å². The fourth-order valence-electron chi connectivity index (χ4n) is 3.36. The summed E-state index contributed by atoms with van der Waals surface area (Å²) in [4.78, 5) is 18.5. The Hall–Kier alpha value is -3.85. The van der Waals surface area contributed by atoms with Gasteiger partial charge in [0.15, 0.2) is 5.82 Å². The number of carbonyl (C=O) groups excluding carboxylic acids is 1. The first-order valence-corrected chi connectivity index (χ1v) is 10.1. The van der Waals surface area contributed by atoms with E-state index in [-0.39, 0.29) is 12.5 Å². The number of nitrogens with two attached hydrogens (primary N) is 1. The van der Waals surface area contributed by atoms with Crippen LogP contribution in [0.3, 0.4) is 0 Å².